The van der Waals surface area contributed by atoms with Crippen LogP contribution in [-0.4, -0.2) is 56.7 Å². The molecule has 24 heavy (non-hydrogen) atoms. The monoisotopic (exact) mass is 448 g/mol. The summed E-state index contributed by atoms with van der Waals surface area (Å²) in [7, 11) is 2.12. The lowest BCUT2D eigenvalue weighted by Crippen LogP contribution is -2.40. The second-order valence-electron chi connectivity index (χ2n) is 5.92. The molecule has 5 nitrogen and oxygen atoms in total. The molecule has 0 aliphatic heterocycles. The lowest BCUT2D eigenvalue weighted by molar-refractivity contribution is 0.282. The molecule has 0 heterocycles. The summed E-state index contributed by atoms with van der Waals surface area (Å²) in [6, 6.07) is 8.65. The summed E-state index contributed by atoms with van der Waals surface area (Å²) < 4.78 is 5.71. The minimum Gasteiger partial charge on any atom is -0.492 e. The van der Waals surface area contributed by atoms with Crippen LogP contribution in [0.3, 0.4) is 0 Å². The Morgan fingerprint density at radius 1 is 1.21 bits per heavy atom. The van der Waals surface area contributed by atoms with E-state index in [1.807, 2.05) is 12.1 Å². The fourth-order valence-corrected chi connectivity index (χ4v) is 1.89. The lowest BCUT2D eigenvalue weighted by atomic mass is 10.2. The number of hydrogen-bond donors (Lipinski definition) is 2. The molecule has 0 saturated carbocycles. The topological polar surface area (TPSA) is 48.9 Å². The number of ether oxygens (including phenoxy) is 1. The van der Waals surface area contributed by atoms with Gasteiger partial charge in [0.1, 0.15) is 12.4 Å². The molecule has 0 aromatic heterocycles. The van der Waals surface area contributed by atoms with Crippen LogP contribution in [0.25, 0.3) is 0 Å². The Bertz CT molecular complexity index is 463. The van der Waals surface area contributed by atoms with Crippen LogP contribution in [0.1, 0.15) is 26.3 Å². The van der Waals surface area contributed by atoms with Gasteiger partial charge in [0.25, 0.3) is 0 Å². The van der Waals surface area contributed by atoms with Gasteiger partial charge in [-0.3, -0.25) is 4.99 Å². The van der Waals surface area contributed by atoms with Crippen LogP contribution < -0.4 is 15.4 Å². The Labute approximate surface area is 164 Å². The summed E-state index contributed by atoms with van der Waals surface area (Å²) >= 11 is 0. The molecule has 0 saturated heterocycles. The summed E-state index contributed by atoms with van der Waals surface area (Å²) in [6.45, 7) is 12.4. The van der Waals surface area contributed by atoms with Crippen molar-refractivity contribution >= 4 is 29.9 Å². The van der Waals surface area contributed by atoms with Crippen molar-refractivity contribution in [3.63, 3.8) is 0 Å². The Hall–Kier alpha value is -1.02. The maximum absolute atomic E-state index is 5.71. The van der Waals surface area contributed by atoms with Gasteiger partial charge in [-0.05, 0) is 46.9 Å². The first-order chi connectivity index (χ1) is 11.0. The summed E-state index contributed by atoms with van der Waals surface area (Å²) in [5.41, 5.74) is 1.24. The van der Waals surface area contributed by atoms with Crippen molar-refractivity contribution in [3.05, 3.63) is 29.8 Å². The van der Waals surface area contributed by atoms with Crippen LogP contribution in [0.4, 0.5) is 0 Å². The van der Waals surface area contributed by atoms with Gasteiger partial charge in [0, 0.05) is 19.1 Å². The molecule has 0 radical (unpaired) electrons. The van der Waals surface area contributed by atoms with Crippen LogP contribution in [0.2, 0.25) is 0 Å². The smallest absolute Gasteiger partial charge is 0.191 e. The van der Waals surface area contributed by atoms with Crippen LogP contribution in [0.5, 0.6) is 5.75 Å². The van der Waals surface area contributed by atoms with Gasteiger partial charge in [-0.25, -0.2) is 0 Å². The van der Waals surface area contributed by atoms with Crippen molar-refractivity contribution in [2.24, 2.45) is 4.99 Å². The molecule has 0 amide bonds. The molecule has 1 aromatic rings. The highest BCUT2D eigenvalue weighted by molar-refractivity contribution is 14.0. The van der Waals surface area contributed by atoms with E-state index in [1.165, 1.54) is 5.56 Å². The molecular weight excluding hydrogens is 415 g/mol. The molecule has 1 aromatic carbocycles. The summed E-state index contributed by atoms with van der Waals surface area (Å²) in [5.74, 6) is 1.75. The largest absolute Gasteiger partial charge is 0.492 e. The molecule has 0 fully saturated rings. The molecule has 2 N–H and O–H groups in total. The zero-order valence-corrected chi connectivity index (χ0v) is 18.0. The fourth-order valence-electron chi connectivity index (χ4n) is 1.89. The molecule has 0 bridgehead atoms. The van der Waals surface area contributed by atoms with E-state index < -0.39 is 0 Å². The Kier molecular flexibility index (Phi) is 12.7. The van der Waals surface area contributed by atoms with E-state index in [4.69, 9.17) is 4.74 Å². The number of benzene rings is 1. The molecule has 0 aliphatic rings. The highest BCUT2D eigenvalue weighted by atomic mass is 127. The number of aryl methyl sites for hydroxylation is 1. The first kappa shape index (κ1) is 23.0. The van der Waals surface area contributed by atoms with Gasteiger partial charge in [0.15, 0.2) is 5.96 Å². The van der Waals surface area contributed by atoms with E-state index in [0.717, 1.165) is 37.9 Å². The van der Waals surface area contributed by atoms with Crippen molar-refractivity contribution in [1.29, 1.82) is 0 Å². The van der Waals surface area contributed by atoms with Crippen molar-refractivity contribution in [3.8, 4) is 5.75 Å². The number of halogens is 1. The van der Waals surface area contributed by atoms with Gasteiger partial charge in [0.2, 0.25) is 0 Å². The third-order valence-electron chi connectivity index (χ3n) is 3.63. The minimum absolute atomic E-state index is 0. The maximum Gasteiger partial charge on any atom is 0.191 e. The van der Waals surface area contributed by atoms with Crippen molar-refractivity contribution in [2.45, 2.75) is 33.7 Å². The van der Waals surface area contributed by atoms with Crippen LogP contribution in [0, 0.1) is 6.92 Å². The second kappa shape index (κ2) is 13.3. The molecule has 138 valence electrons. The predicted molar refractivity (Wildman–Crippen MR) is 114 cm³/mol. The average Bonchev–Trinajstić information content (AvgIpc) is 2.52. The standard InChI is InChI=1S/C18H32N4O.HI/c1-6-19-18(20-11-13-22(5)15(2)3)21-12-14-23-17-9-7-16(4)8-10-17;/h7-10,15H,6,11-14H2,1-5H3,(H2,19,20,21);1H. The number of nitrogens with one attached hydrogen (secondary N) is 2. The van der Waals surface area contributed by atoms with E-state index in [2.05, 4.69) is 67.4 Å². The summed E-state index contributed by atoms with van der Waals surface area (Å²) in [4.78, 5) is 6.87. The van der Waals surface area contributed by atoms with Crippen molar-refractivity contribution in [1.82, 2.24) is 15.5 Å². The maximum atomic E-state index is 5.71. The van der Waals surface area contributed by atoms with Crippen molar-refractivity contribution in [2.75, 3.05) is 39.8 Å². The van der Waals surface area contributed by atoms with Gasteiger partial charge in [0.05, 0.1) is 13.1 Å². The number of rotatable bonds is 9. The van der Waals surface area contributed by atoms with Crippen molar-refractivity contribution < 1.29 is 4.74 Å². The highest BCUT2D eigenvalue weighted by Crippen LogP contribution is 2.10. The van der Waals surface area contributed by atoms with Gasteiger partial charge >= 0.3 is 0 Å². The number of guanidine groups is 1. The lowest BCUT2D eigenvalue weighted by Gasteiger charge is -2.20. The third-order valence-corrected chi connectivity index (χ3v) is 3.63. The normalized spacial score (nSPS) is 11.4. The van der Waals surface area contributed by atoms with Gasteiger partial charge in [-0.1, -0.05) is 17.7 Å². The number of likely N-dealkylation sites (N-methyl/N-ethyl adjacent to an activating group) is 1. The average molecular weight is 448 g/mol. The highest BCUT2D eigenvalue weighted by Gasteiger charge is 2.02. The quantitative estimate of drug-likeness (QED) is 0.264. The molecule has 0 aliphatic carbocycles. The van der Waals surface area contributed by atoms with Crippen LogP contribution >= 0.6 is 24.0 Å². The zero-order valence-electron chi connectivity index (χ0n) is 15.6. The molecule has 0 unspecified atom stereocenters. The number of hydrogen-bond acceptors (Lipinski definition) is 3. The van der Waals surface area contributed by atoms with E-state index in [-0.39, 0.29) is 24.0 Å². The molecule has 6 heteroatoms. The Morgan fingerprint density at radius 3 is 2.46 bits per heavy atom. The van der Waals surface area contributed by atoms with E-state index in [1.54, 1.807) is 0 Å². The minimum atomic E-state index is 0. The van der Waals surface area contributed by atoms with Crippen LogP contribution in [-0.2, 0) is 0 Å². The Balaban J connectivity index is 0.00000529. The van der Waals surface area contributed by atoms with E-state index in [9.17, 15) is 0 Å². The number of nitrogens with zero attached hydrogens (tertiary/aromatic N) is 2. The second-order valence-corrected chi connectivity index (χ2v) is 5.92. The first-order valence-corrected chi connectivity index (χ1v) is 8.44. The summed E-state index contributed by atoms with van der Waals surface area (Å²) in [5, 5.41) is 6.56. The number of aliphatic imine (C=N–C) groups is 1. The van der Waals surface area contributed by atoms with Gasteiger partial charge in [-0.2, -0.15) is 0 Å². The summed E-state index contributed by atoms with van der Waals surface area (Å²) in [6.07, 6.45) is 0. The molecular formula is C18H33IN4O. The third kappa shape index (κ3) is 9.97. The van der Waals surface area contributed by atoms with E-state index >= 15 is 0 Å². The van der Waals surface area contributed by atoms with Gasteiger partial charge in [-0.15, -0.1) is 24.0 Å². The molecule has 0 atom stereocenters. The van der Waals surface area contributed by atoms with E-state index in [0.29, 0.717) is 12.6 Å². The SMILES string of the molecule is CCNC(=NCCN(C)C(C)C)NCCOc1ccc(C)cc1.I. The first-order valence-electron chi connectivity index (χ1n) is 8.44. The van der Waals surface area contributed by atoms with Crippen LogP contribution in [0.15, 0.2) is 29.3 Å². The van der Waals surface area contributed by atoms with Gasteiger partial charge < -0.3 is 20.3 Å². The molecule has 1 rings (SSSR count). The molecule has 0 spiro atoms. The Morgan fingerprint density at radius 2 is 1.88 bits per heavy atom. The zero-order chi connectivity index (χ0) is 17.1. The predicted octanol–water partition coefficient (Wildman–Crippen LogP) is 2.89. The fraction of sp³-hybridized carbons (Fsp3) is 0.611.